The first-order valence-electron chi connectivity index (χ1n) is 9.09. The van der Waals surface area contributed by atoms with Crippen LogP contribution in [0.15, 0.2) is 0 Å². The number of carboxylic acids is 1. The molecule has 0 radical (unpaired) electrons. The van der Waals surface area contributed by atoms with Crippen LogP contribution in [0.5, 0.6) is 0 Å². The second kappa shape index (κ2) is 19.2. The minimum absolute atomic E-state index is 0. The number of unbranched alkanes of at least 4 members (excludes halogenated alkanes) is 13. The lowest BCUT2D eigenvalue weighted by atomic mass is 10.0. The number of hydrogen-bond acceptors (Lipinski definition) is 2. The average Bonchev–Trinajstić information content (AvgIpc) is 2.47. The van der Waals surface area contributed by atoms with Gasteiger partial charge in [-0.2, -0.15) is 0 Å². The molecule has 1 atom stereocenters. The van der Waals surface area contributed by atoms with Crippen LogP contribution in [0.4, 0.5) is 0 Å². The lowest BCUT2D eigenvalue weighted by Gasteiger charge is -2.05. The summed E-state index contributed by atoms with van der Waals surface area (Å²) in [4.78, 5) is 10.4. The molecule has 0 spiro atoms. The molecule has 0 fully saturated rings. The number of aliphatic hydroxyl groups excluding tert-OH is 1. The molecule has 0 aromatic rings. The Hall–Kier alpha value is 0.196. The third-order valence-electron chi connectivity index (χ3n) is 4.12. The van der Waals surface area contributed by atoms with Crippen molar-refractivity contribution in [2.24, 2.45) is 0 Å². The number of hydrogen-bond donors (Lipinski definition) is 2. The van der Waals surface area contributed by atoms with E-state index < -0.39 is 12.1 Å². The maximum atomic E-state index is 10.4. The highest BCUT2D eigenvalue weighted by atomic mass is 24.3. The second-order valence-corrected chi connectivity index (χ2v) is 6.24. The van der Waals surface area contributed by atoms with E-state index in [0.29, 0.717) is 6.42 Å². The zero-order valence-corrected chi connectivity index (χ0v) is 14.0. The maximum absolute atomic E-state index is 10.4. The van der Waals surface area contributed by atoms with E-state index in [1.165, 1.54) is 77.0 Å². The topological polar surface area (TPSA) is 57.5 Å². The minimum Gasteiger partial charge on any atom is -0.479 e. The van der Waals surface area contributed by atoms with Gasteiger partial charge >= 0.3 is 29.0 Å². The summed E-state index contributed by atoms with van der Waals surface area (Å²) in [7, 11) is 0. The predicted molar refractivity (Wildman–Crippen MR) is 97.1 cm³/mol. The number of aliphatic carboxylic acids is 1. The quantitative estimate of drug-likeness (QED) is 0.327. The average molecular weight is 327 g/mol. The lowest BCUT2D eigenvalue weighted by Crippen LogP contribution is -2.18. The zero-order chi connectivity index (χ0) is 15.8. The zero-order valence-electron chi connectivity index (χ0n) is 14.0. The molecule has 0 heterocycles. The van der Waals surface area contributed by atoms with Crippen LogP contribution < -0.4 is 0 Å². The second-order valence-electron chi connectivity index (χ2n) is 6.24. The Morgan fingerprint density at radius 1 is 0.727 bits per heavy atom. The molecule has 0 saturated heterocycles. The summed E-state index contributed by atoms with van der Waals surface area (Å²) in [5.41, 5.74) is 0. The van der Waals surface area contributed by atoms with E-state index >= 15 is 0 Å². The molecule has 0 aromatic heterocycles. The van der Waals surface area contributed by atoms with Crippen molar-refractivity contribution in [2.45, 2.75) is 109 Å². The summed E-state index contributed by atoms with van der Waals surface area (Å²) in [5, 5.41) is 17.7. The molecular formula is C18H38MgO3. The summed E-state index contributed by atoms with van der Waals surface area (Å²) in [6.45, 7) is 2.26. The van der Waals surface area contributed by atoms with E-state index in [1.807, 2.05) is 0 Å². The Kier molecular flexibility index (Phi) is 21.4. The van der Waals surface area contributed by atoms with Gasteiger partial charge in [-0.15, -0.1) is 0 Å². The van der Waals surface area contributed by atoms with Crippen molar-refractivity contribution in [3.63, 3.8) is 0 Å². The Morgan fingerprint density at radius 2 is 1.05 bits per heavy atom. The van der Waals surface area contributed by atoms with Gasteiger partial charge in [0.05, 0.1) is 0 Å². The Balaban J connectivity index is 0. The van der Waals surface area contributed by atoms with Crippen molar-refractivity contribution in [2.75, 3.05) is 0 Å². The van der Waals surface area contributed by atoms with E-state index in [9.17, 15) is 4.79 Å². The molecule has 0 aliphatic rings. The van der Waals surface area contributed by atoms with E-state index in [2.05, 4.69) is 6.92 Å². The third kappa shape index (κ3) is 18.2. The van der Waals surface area contributed by atoms with Gasteiger partial charge in [-0.1, -0.05) is 96.8 Å². The normalized spacial score (nSPS) is 11.9. The molecule has 0 aromatic carbocycles. The van der Waals surface area contributed by atoms with Crippen LogP contribution in [0.3, 0.4) is 0 Å². The predicted octanol–water partition coefficient (Wildman–Crippen LogP) is 4.39. The minimum atomic E-state index is -1.16. The van der Waals surface area contributed by atoms with Crippen LogP contribution in [0.2, 0.25) is 0 Å². The van der Waals surface area contributed by atoms with Crippen LogP contribution in [0.1, 0.15) is 103 Å². The largest absolute Gasteiger partial charge is 0.479 e. The van der Waals surface area contributed by atoms with Gasteiger partial charge in [0.15, 0.2) is 6.10 Å². The molecule has 0 amide bonds. The standard InChI is InChI=1S/C18H36O3.Mg.2H/c1-2-3-4-5-6-7-8-9-10-11-12-13-14-15-16-17(19)18(20)21;;;/h17,19H,2-16H2,1H3,(H,20,21);;;. The highest BCUT2D eigenvalue weighted by Crippen LogP contribution is 2.13. The van der Waals surface area contributed by atoms with Crippen molar-refractivity contribution in [3.8, 4) is 0 Å². The van der Waals surface area contributed by atoms with E-state index in [4.69, 9.17) is 10.2 Å². The highest BCUT2D eigenvalue weighted by molar-refractivity contribution is 5.75. The number of rotatable bonds is 16. The van der Waals surface area contributed by atoms with Crippen LogP contribution in [-0.2, 0) is 4.79 Å². The summed E-state index contributed by atoms with van der Waals surface area (Å²) >= 11 is 0. The first-order valence-corrected chi connectivity index (χ1v) is 9.09. The monoisotopic (exact) mass is 326 g/mol. The van der Waals surface area contributed by atoms with Gasteiger partial charge in [0, 0.05) is 0 Å². The van der Waals surface area contributed by atoms with Crippen molar-refractivity contribution in [1.82, 2.24) is 0 Å². The summed E-state index contributed by atoms with van der Waals surface area (Å²) in [5.74, 6) is -1.09. The van der Waals surface area contributed by atoms with Crippen molar-refractivity contribution < 1.29 is 15.0 Å². The van der Waals surface area contributed by atoms with Gasteiger partial charge in [0.1, 0.15) is 0 Å². The SMILES string of the molecule is CCCCCCCCCCCCCCCCC(O)C(=O)O.[MgH2]. The number of carbonyl (C=O) groups is 1. The van der Waals surface area contributed by atoms with E-state index in [-0.39, 0.29) is 23.1 Å². The van der Waals surface area contributed by atoms with Crippen molar-refractivity contribution in [1.29, 1.82) is 0 Å². The van der Waals surface area contributed by atoms with Gasteiger partial charge < -0.3 is 10.2 Å². The summed E-state index contributed by atoms with van der Waals surface area (Å²) in [6.07, 6.45) is 17.3. The first-order chi connectivity index (χ1) is 10.2. The van der Waals surface area contributed by atoms with Crippen molar-refractivity contribution >= 4 is 29.0 Å². The molecule has 4 heteroatoms. The molecule has 22 heavy (non-hydrogen) atoms. The maximum Gasteiger partial charge on any atom is 0.332 e. The molecule has 130 valence electrons. The molecule has 2 N–H and O–H groups in total. The van der Waals surface area contributed by atoms with Gasteiger partial charge in [-0.05, 0) is 6.42 Å². The van der Waals surface area contributed by atoms with Crippen LogP contribution in [-0.4, -0.2) is 45.3 Å². The molecule has 0 rings (SSSR count). The number of carboxylic acid groups (broad SMARTS) is 1. The number of aliphatic hydroxyl groups is 1. The molecule has 0 saturated carbocycles. The van der Waals surface area contributed by atoms with Crippen molar-refractivity contribution in [3.05, 3.63) is 0 Å². The smallest absolute Gasteiger partial charge is 0.332 e. The lowest BCUT2D eigenvalue weighted by molar-refractivity contribution is -0.146. The third-order valence-corrected chi connectivity index (χ3v) is 4.12. The Morgan fingerprint density at radius 3 is 1.36 bits per heavy atom. The highest BCUT2D eigenvalue weighted by Gasteiger charge is 2.11. The van der Waals surface area contributed by atoms with Gasteiger partial charge in [-0.3, -0.25) is 0 Å². The van der Waals surface area contributed by atoms with E-state index in [1.54, 1.807) is 0 Å². The molecular weight excluding hydrogens is 288 g/mol. The van der Waals surface area contributed by atoms with Gasteiger partial charge in [-0.25, -0.2) is 4.79 Å². The molecule has 0 aliphatic heterocycles. The Bertz CT molecular complexity index is 234. The molecule has 3 nitrogen and oxygen atoms in total. The Labute approximate surface area is 153 Å². The van der Waals surface area contributed by atoms with E-state index in [0.717, 1.165) is 12.8 Å². The summed E-state index contributed by atoms with van der Waals surface area (Å²) < 4.78 is 0. The first kappa shape index (κ1) is 24.4. The fraction of sp³-hybridized carbons (Fsp3) is 0.944. The molecule has 1 unspecified atom stereocenters. The molecule has 0 bridgehead atoms. The van der Waals surface area contributed by atoms with Gasteiger partial charge in [0.2, 0.25) is 0 Å². The summed E-state index contributed by atoms with van der Waals surface area (Å²) in [6, 6.07) is 0. The molecule has 0 aliphatic carbocycles. The van der Waals surface area contributed by atoms with Crippen LogP contribution in [0, 0.1) is 0 Å². The fourth-order valence-electron chi connectivity index (χ4n) is 2.66. The van der Waals surface area contributed by atoms with Crippen LogP contribution in [0.25, 0.3) is 0 Å². The van der Waals surface area contributed by atoms with Crippen LogP contribution >= 0.6 is 0 Å². The van der Waals surface area contributed by atoms with Gasteiger partial charge in [0.25, 0.3) is 0 Å². The fourth-order valence-corrected chi connectivity index (χ4v) is 2.66.